The van der Waals surface area contributed by atoms with Crippen molar-refractivity contribution in [1.82, 2.24) is 0 Å². The lowest BCUT2D eigenvalue weighted by Gasteiger charge is -2.38. The third-order valence-electron chi connectivity index (χ3n) is 3.80. The molecule has 0 aromatic heterocycles. The van der Waals surface area contributed by atoms with E-state index in [-0.39, 0.29) is 0 Å². The zero-order valence-corrected chi connectivity index (χ0v) is 12.9. The van der Waals surface area contributed by atoms with Gasteiger partial charge in [-0.2, -0.15) is 0 Å². The van der Waals surface area contributed by atoms with Gasteiger partial charge in [0.1, 0.15) is 5.75 Å². The number of rotatable bonds is 1. The van der Waals surface area contributed by atoms with E-state index in [1.807, 2.05) is 42.5 Å². The molecule has 0 radical (unpaired) electrons. The van der Waals surface area contributed by atoms with Crippen LogP contribution in [-0.4, -0.2) is 20.9 Å². The van der Waals surface area contributed by atoms with Crippen LogP contribution in [-0.2, 0) is 10.2 Å². The highest BCUT2D eigenvalue weighted by Gasteiger charge is 2.51. The molecule has 2 aromatic rings. The molecule has 2 aliphatic heterocycles. The van der Waals surface area contributed by atoms with Gasteiger partial charge in [0.25, 0.3) is 0 Å². The minimum Gasteiger partial charge on any atom is -0.588 e. The van der Waals surface area contributed by atoms with E-state index < -0.39 is 20.9 Å². The summed E-state index contributed by atoms with van der Waals surface area (Å²) >= 11 is -2.37. The van der Waals surface area contributed by atoms with Crippen LogP contribution in [0.2, 0.25) is 0 Å². The Hall–Kier alpha value is -1.67. The van der Waals surface area contributed by atoms with Crippen molar-refractivity contribution in [2.24, 2.45) is 0 Å². The van der Waals surface area contributed by atoms with Crippen LogP contribution in [0.5, 0.6) is 17.2 Å². The first-order valence-electron chi connectivity index (χ1n) is 7.14. The second-order valence-corrected chi connectivity index (χ2v) is 6.59. The minimum absolute atomic E-state index is 0.678. The van der Waals surface area contributed by atoms with E-state index in [1.165, 1.54) is 0 Å². The number of hydrogen-bond donors (Lipinski definition) is 0. The van der Waals surface area contributed by atoms with Gasteiger partial charge in [-0.3, -0.25) is 0 Å². The maximum absolute atomic E-state index is 6.19. The van der Waals surface area contributed by atoms with Crippen molar-refractivity contribution < 1.29 is 16.1 Å². The van der Waals surface area contributed by atoms with Gasteiger partial charge in [-0.1, -0.05) is 25.1 Å². The number of ether oxygens (including phenoxy) is 1. The minimum atomic E-state index is -2.37. The Morgan fingerprint density at radius 1 is 1.00 bits per heavy atom. The molecule has 106 valence electrons. The summed E-state index contributed by atoms with van der Waals surface area (Å²) in [6, 6.07) is 15.7. The Bertz CT molecular complexity index is 621. The van der Waals surface area contributed by atoms with Gasteiger partial charge >= 0.3 is 15.1 Å². The Labute approximate surface area is 128 Å². The zero-order chi connectivity index (χ0) is 14.3. The third kappa shape index (κ3) is 2.49. The van der Waals surface area contributed by atoms with Crippen LogP contribution in [0.3, 0.4) is 0 Å². The molecule has 2 aliphatic rings. The Morgan fingerprint density at radius 3 is 2.52 bits per heavy atom. The maximum Gasteiger partial charge on any atom is 1.10 e. The van der Waals surface area contributed by atoms with Gasteiger partial charge in [0.2, 0.25) is 0 Å². The van der Waals surface area contributed by atoms with E-state index in [1.54, 1.807) is 0 Å². The fourth-order valence-corrected chi connectivity index (χ4v) is 4.25. The molecule has 2 heterocycles. The summed E-state index contributed by atoms with van der Waals surface area (Å²) in [6.45, 7) is 2.06. The second-order valence-electron chi connectivity index (χ2n) is 5.31. The molecule has 0 N–H and O–H groups in total. The molecule has 0 spiro atoms. The Kier molecular flexibility index (Phi) is 3.07. The number of benzene rings is 2. The quantitative estimate of drug-likeness (QED) is 0.758. The molecule has 2 aromatic carbocycles. The van der Waals surface area contributed by atoms with E-state index in [2.05, 4.69) is 13.0 Å². The van der Waals surface area contributed by atoms with Gasteiger partial charge in [-0.25, -0.2) is 0 Å². The van der Waals surface area contributed by atoms with Gasteiger partial charge in [0.05, 0.1) is 11.5 Å². The van der Waals surface area contributed by atoms with Gasteiger partial charge in [-0.05, 0) is 29.8 Å². The predicted molar refractivity (Wildman–Crippen MR) is 78.3 cm³/mol. The number of hydrogen-bond acceptors (Lipinski definition) is 4. The van der Waals surface area contributed by atoms with Gasteiger partial charge in [0, 0.05) is 18.9 Å². The summed E-state index contributed by atoms with van der Waals surface area (Å²) < 4.78 is 24.3. The monoisotopic (exact) mass is 298 g/mol. The molecule has 0 fully saturated rings. The second kappa shape index (κ2) is 4.96. The first-order valence-corrected chi connectivity index (χ1v) is 8.55. The predicted octanol–water partition coefficient (Wildman–Crippen LogP) is 3.20. The van der Waals surface area contributed by atoms with Crippen molar-refractivity contribution in [3.63, 3.8) is 0 Å². The highest BCUT2D eigenvalue weighted by Crippen LogP contribution is 2.35. The zero-order valence-electron chi connectivity index (χ0n) is 11.7. The van der Waals surface area contributed by atoms with E-state index in [0.717, 1.165) is 29.2 Å². The first kappa shape index (κ1) is 13.0. The lowest BCUT2D eigenvalue weighted by atomic mass is 10.0. The normalized spacial score (nSPS) is 22.6. The topological polar surface area (TPSA) is 36.9 Å². The summed E-state index contributed by atoms with van der Waals surface area (Å²) in [5.41, 5.74) is 1.14. The molecule has 1 atom stereocenters. The fraction of sp³-hybridized carbons (Fsp3) is 0.250. The van der Waals surface area contributed by atoms with Gasteiger partial charge < -0.3 is 16.1 Å². The molecule has 5 heteroatoms. The van der Waals surface area contributed by atoms with E-state index in [4.69, 9.17) is 16.1 Å². The molecule has 0 saturated carbocycles. The van der Waals surface area contributed by atoms with Crippen molar-refractivity contribution in [3.8, 4) is 17.2 Å². The van der Waals surface area contributed by atoms with Crippen LogP contribution in [0.1, 0.15) is 18.9 Å². The molecule has 0 saturated heterocycles. The smallest absolute Gasteiger partial charge is 0.588 e. The van der Waals surface area contributed by atoms with Crippen molar-refractivity contribution in [2.45, 2.75) is 25.6 Å². The summed E-state index contributed by atoms with van der Waals surface area (Å²) in [7, 11) is 0. The molecular formula is C16H15AlO4. The molecule has 6 bridgehead atoms. The largest absolute Gasteiger partial charge is 1.10 e. The summed E-state index contributed by atoms with van der Waals surface area (Å²) in [6.07, 6.45) is 1.40. The van der Waals surface area contributed by atoms with Crippen LogP contribution < -0.4 is 12.3 Å². The third-order valence-corrected chi connectivity index (χ3v) is 5.35. The van der Waals surface area contributed by atoms with Crippen molar-refractivity contribution in [2.75, 3.05) is 0 Å². The molecule has 4 rings (SSSR count). The SMILES string of the molecule is CCC12Cc3cccc(c3)[O][Al]([O]c3cccc(c3)O1)[O]2. The highest BCUT2D eigenvalue weighted by molar-refractivity contribution is 6.38. The average Bonchev–Trinajstić information content (AvgIpc) is 2.45. The Morgan fingerprint density at radius 2 is 1.71 bits per heavy atom. The van der Waals surface area contributed by atoms with E-state index in [9.17, 15) is 0 Å². The standard InChI is InChI=1S/C16H17O4.Al/c1-2-16(19,11-12-5-3-6-13(17)9-12)20-15-8-4-7-14(18)10-15;/h3-10,17-18H,2,11H2,1H3;/q-1;+3/p-2. The van der Waals surface area contributed by atoms with Crippen LogP contribution in [0, 0.1) is 0 Å². The molecule has 0 amide bonds. The van der Waals surface area contributed by atoms with Crippen LogP contribution in [0.25, 0.3) is 0 Å². The first-order chi connectivity index (χ1) is 10.2. The molecule has 4 nitrogen and oxygen atoms in total. The molecule has 0 aliphatic carbocycles. The van der Waals surface area contributed by atoms with E-state index in [0.29, 0.717) is 6.42 Å². The molecular weight excluding hydrogens is 283 g/mol. The van der Waals surface area contributed by atoms with Crippen LogP contribution in [0.4, 0.5) is 0 Å². The highest BCUT2D eigenvalue weighted by atomic mass is 27.3. The lowest BCUT2D eigenvalue weighted by molar-refractivity contribution is -0.138. The number of fused-ring (bicyclic) bond motifs is 6. The van der Waals surface area contributed by atoms with Crippen LogP contribution >= 0.6 is 0 Å². The lowest BCUT2D eigenvalue weighted by Crippen LogP contribution is -2.51. The summed E-state index contributed by atoms with van der Waals surface area (Å²) in [5, 5.41) is 0. The molecule has 1 unspecified atom stereocenters. The van der Waals surface area contributed by atoms with Gasteiger partial charge in [-0.15, -0.1) is 0 Å². The average molecular weight is 298 g/mol. The summed E-state index contributed by atoms with van der Waals surface area (Å²) in [4.78, 5) is 0. The van der Waals surface area contributed by atoms with E-state index >= 15 is 0 Å². The summed E-state index contributed by atoms with van der Waals surface area (Å²) in [5.74, 6) is 1.56. The maximum atomic E-state index is 6.19. The molecule has 21 heavy (non-hydrogen) atoms. The Balaban J connectivity index is 1.83. The fourth-order valence-electron chi connectivity index (χ4n) is 2.72. The van der Waals surface area contributed by atoms with Crippen molar-refractivity contribution >= 4 is 15.1 Å². The van der Waals surface area contributed by atoms with Crippen molar-refractivity contribution in [1.29, 1.82) is 0 Å². The van der Waals surface area contributed by atoms with Crippen LogP contribution in [0.15, 0.2) is 48.5 Å². The van der Waals surface area contributed by atoms with Crippen molar-refractivity contribution in [3.05, 3.63) is 54.1 Å². The van der Waals surface area contributed by atoms with Gasteiger partial charge in [0.15, 0.2) is 5.79 Å².